The topological polar surface area (TPSA) is 57.9 Å². The van der Waals surface area contributed by atoms with E-state index in [0.29, 0.717) is 38.7 Å². The zero-order valence-corrected chi connectivity index (χ0v) is 21.8. The largest absolute Gasteiger partial charge is 0.356 e. The van der Waals surface area contributed by atoms with E-state index in [2.05, 4.69) is 11.8 Å². The van der Waals surface area contributed by atoms with Gasteiger partial charge in [0.1, 0.15) is 15.8 Å². The van der Waals surface area contributed by atoms with E-state index in [0.717, 1.165) is 42.6 Å². The van der Waals surface area contributed by atoms with E-state index >= 15 is 0 Å². The Balaban J connectivity index is 1.56. The number of hydrogen-bond acceptors (Lipinski definition) is 6. The van der Waals surface area contributed by atoms with Crippen LogP contribution >= 0.6 is 24.0 Å². The molecule has 35 heavy (non-hydrogen) atoms. The number of fused-ring (bicyclic) bond motifs is 1. The lowest BCUT2D eigenvalue weighted by Gasteiger charge is -2.32. The predicted octanol–water partition coefficient (Wildman–Crippen LogP) is 4.95. The number of benzene rings is 1. The first kappa shape index (κ1) is 23.8. The maximum absolute atomic E-state index is 13.7. The molecule has 2 aromatic heterocycles. The number of hydrogen-bond donors (Lipinski definition) is 0. The second-order valence-electron chi connectivity index (χ2n) is 9.46. The molecule has 8 heteroatoms. The molecule has 2 aliphatic heterocycles. The highest BCUT2D eigenvalue weighted by Gasteiger charge is 2.33. The number of thioether (sulfide) groups is 1. The molecule has 6 nitrogen and oxygen atoms in total. The molecule has 0 radical (unpaired) electrons. The summed E-state index contributed by atoms with van der Waals surface area (Å²) in [5.74, 6) is 1.13. The number of carbonyl (C=O) groups excluding carboxylic acids is 1. The van der Waals surface area contributed by atoms with Crippen molar-refractivity contribution in [3.8, 4) is 0 Å². The van der Waals surface area contributed by atoms with E-state index < -0.39 is 0 Å². The molecule has 0 atom stereocenters. The molecule has 0 N–H and O–H groups in total. The lowest BCUT2D eigenvalue weighted by atomic mass is 9.99. The van der Waals surface area contributed by atoms with Crippen molar-refractivity contribution in [1.82, 2.24) is 14.3 Å². The van der Waals surface area contributed by atoms with Gasteiger partial charge in [-0.15, -0.1) is 0 Å². The van der Waals surface area contributed by atoms with Crippen molar-refractivity contribution >= 4 is 51.7 Å². The van der Waals surface area contributed by atoms with Crippen molar-refractivity contribution in [2.45, 2.75) is 40.2 Å². The standard InChI is InChI=1S/C27H28N4O2S2/c1-17-6-8-20(9-7-17)16-31-26(33)22(35-27(31)34)15-21-24(29-13-10-18(2)11-14-29)28-23-19(3)5-4-12-30(23)25(21)32/h4-9,12,15,18H,10-11,13-14,16H2,1-3H3/b22-15-. The van der Waals surface area contributed by atoms with Gasteiger partial charge in [-0.05, 0) is 55.9 Å². The molecule has 0 aliphatic carbocycles. The Morgan fingerprint density at radius 2 is 1.83 bits per heavy atom. The maximum Gasteiger partial charge on any atom is 0.267 e. The fraction of sp³-hybridized carbons (Fsp3) is 0.333. The molecular weight excluding hydrogens is 476 g/mol. The summed E-state index contributed by atoms with van der Waals surface area (Å²) >= 11 is 6.80. The molecule has 2 aliphatic rings. The zero-order valence-electron chi connectivity index (χ0n) is 20.2. The Kier molecular flexibility index (Phi) is 6.51. The van der Waals surface area contributed by atoms with Gasteiger partial charge in [-0.1, -0.05) is 66.8 Å². The van der Waals surface area contributed by atoms with Crippen LogP contribution in [-0.4, -0.2) is 37.6 Å². The summed E-state index contributed by atoms with van der Waals surface area (Å²) in [7, 11) is 0. The number of anilines is 1. The minimum atomic E-state index is -0.174. The quantitative estimate of drug-likeness (QED) is 0.370. The summed E-state index contributed by atoms with van der Waals surface area (Å²) in [6.07, 6.45) is 5.53. The first-order valence-corrected chi connectivity index (χ1v) is 13.1. The number of carbonyl (C=O) groups is 1. The molecule has 2 saturated heterocycles. The molecular formula is C27H28N4O2S2. The number of aromatic nitrogens is 2. The van der Waals surface area contributed by atoms with Gasteiger partial charge in [0.25, 0.3) is 11.5 Å². The third-order valence-electron chi connectivity index (χ3n) is 6.76. The van der Waals surface area contributed by atoms with Crippen LogP contribution in [0, 0.1) is 19.8 Å². The second kappa shape index (κ2) is 9.59. The van der Waals surface area contributed by atoms with E-state index in [1.807, 2.05) is 50.2 Å². The summed E-state index contributed by atoms with van der Waals surface area (Å²) < 4.78 is 2.07. The smallest absolute Gasteiger partial charge is 0.267 e. The molecule has 180 valence electrons. The molecule has 0 saturated carbocycles. The van der Waals surface area contributed by atoms with Crippen LogP contribution < -0.4 is 10.5 Å². The van der Waals surface area contributed by atoms with Crippen LogP contribution in [-0.2, 0) is 11.3 Å². The maximum atomic E-state index is 13.7. The van der Waals surface area contributed by atoms with Crippen molar-refractivity contribution in [3.05, 3.63) is 80.1 Å². The summed E-state index contributed by atoms with van der Waals surface area (Å²) in [6.45, 7) is 8.33. The highest BCUT2D eigenvalue weighted by atomic mass is 32.2. The van der Waals surface area contributed by atoms with Gasteiger partial charge in [0.15, 0.2) is 0 Å². The molecule has 1 amide bonds. The summed E-state index contributed by atoms with van der Waals surface area (Å²) in [5, 5.41) is 0. The van der Waals surface area contributed by atoms with Crippen molar-refractivity contribution < 1.29 is 4.79 Å². The average Bonchev–Trinajstić information content (AvgIpc) is 3.10. The van der Waals surface area contributed by atoms with Gasteiger partial charge < -0.3 is 4.90 Å². The van der Waals surface area contributed by atoms with Gasteiger partial charge >= 0.3 is 0 Å². The van der Waals surface area contributed by atoms with Gasteiger partial charge in [0.05, 0.1) is 17.0 Å². The number of aryl methyl sites for hydroxylation is 2. The second-order valence-corrected chi connectivity index (χ2v) is 11.1. The number of amides is 1. The van der Waals surface area contributed by atoms with Crippen molar-refractivity contribution in [1.29, 1.82) is 0 Å². The summed E-state index contributed by atoms with van der Waals surface area (Å²) in [6, 6.07) is 11.9. The summed E-state index contributed by atoms with van der Waals surface area (Å²) in [4.78, 5) is 36.2. The molecule has 2 fully saturated rings. The Labute approximate surface area is 214 Å². The van der Waals surface area contributed by atoms with Crippen LogP contribution in [0.3, 0.4) is 0 Å². The normalized spacial score (nSPS) is 18.3. The van der Waals surface area contributed by atoms with Crippen molar-refractivity contribution in [2.75, 3.05) is 18.0 Å². The molecule has 0 bridgehead atoms. The van der Waals surface area contributed by atoms with Gasteiger partial charge in [-0.2, -0.15) is 0 Å². The van der Waals surface area contributed by atoms with Crippen LogP contribution in [0.1, 0.15) is 42.0 Å². The first-order chi connectivity index (χ1) is 16.8. The fourth-order valence-electron chi connectivity index (χ4n) is 4.53. The van der Waals surface area contributed by atoms with Crippen molar-refractivity contribution in [2.24, 2.45) is 5.92 Å². The first-order valence-electron chi connectivity index (χ1n) is 11.9. The minimum Gasteiger partial charge on any atom is -0.356 e. The van der Waals surface area contributed by atoms with E-state index in [4.69, 9.17) is 17.2 Å². The lowest BCUT2D eigenvalue weighted by molar-refractivity contribution is -0.122. The monoisotopic (exact) mass is 504 g/mol. The third kappa shape index (κ3) is 4.65. The number of piperidine rings is 1. The van der Waals surface area contributed by atoms with Gasteiger partial charge in [0.2, 0.25) is 0 Å². The number of thiocarbonyl (C=S) groups is 1. The van der Waals surface area contributed by atoms with Crippen LogP contribution in [0.2, 0.25) is 0 Å². The molecule has 0 spiro atoms. The van der Waals surface area contributed by atoms with E-state index in [-0.39, 0.29) is 11.5 Å². The van der Waals surface area contributed by atoms with Crippen molar-refractivity contribution in [3.63, 3.8) is 0 Å². The Bertz CT molecular complexity index is 1400. The predicted molar refractivity (Wildman–Crippen MR) is 147 cm³/mol. The number of rotatable bonds is 4. The summed E-state index contributed by atoms with van der Waals surface area (Å²) in [5.41, 5.74) is 4.04. The van der Waals surface area contributed by atoms with E-state index in [1.54, 1.807) is 21.6 Å². The van der Waals surface area contributed by atoms with Gasteiger partial charge in [-0.3, -0.25) is 18.9 Å². The lowest BCUT2D eigenvalue weighted by Crippen LogP contribution is -2.36. The van der Waals surface area contributed by atoms with Gasteiger partial charge in [0, 0.05) is 19.3 Å². The SMILES string of the molecule is Cc1ccc(CN2C(=O)/C(=C/c3c(N4CCC(C)CC4)nc4c(C)cccn4c3=O)SC2=S)cc1. The zero-order chi connectivity index (χ0) is 24.7. The Morgan fingerprint density at radius 1 is 1.11 bits per heavy atom. The molecule has 4 heterocycles. The molecule has 0 unspecified atom stereocenters. The van der Waals surface area contributed by atoms with Crippen LogP contribution in [0.4, 0.5) is 5.82 Å². The van der Waals surface area contributed by atoms with Gasteiger partial charge in [-0.25, -0.2) is 4.98 Å². The van der Waals surface area contributed by atoms with E-state index in [9.17, 15) is 9.59 Å². The average molecular weight is 505 g/mol. The minimum absolute atomic E-state index is 0.170. The van der Waals surface area contributed by atoms with Crippen LogP contribution in [0.5, 0.6) is 0 Å². The van der Waals surface area contributed by atoms with E-state index in [1.165, 1.54) is 11.8 Å². The Hall–Kier alpha value is -2.97. The fourth-order valence-corrected chi connectivity index (χ4v) is 5.77. The number of pyridine rings is 1. The highest BCUT2D eigenvalue weighted by Crippen LogP contribution is 2.35. The number of nitrogens with zero attached hydrogens (tertiary/aromatic N) is 4. The third-order valence-corrected chi connectivity index (χ3v) is 8.14. The Morgan fingerprint density at radius 3 is 2.54 bits per heavy atom. The highest BCUT2D eigenvalue weighted by molar-refractivity contribution is 8.26. The molecule has 1 aromatic carbocycles. The van der Waals surface area contributed by atoms with Crippen LogP contribution in [0.25, 0.3) is 11.7 Å². The molecule has 3 aromatic rings. The van der Waals surface area contributed by atoms with Crippen LogP contribution in [0.15, 0.2) is 52.3 Å². The molecule has 5 rings (SSSR count).